The highest BCUT2D eigenvalue weighted by Gasteiger charge is 2.25. The van der Waals surface area contributed by atoms with Gasteiger partial charge in [-0.2, -0.15) is 0 Å². The molecule has 4 nitrogen and oxygen atoms in total. The van der Waals surface area contributed by atoms with Crippen LogP contribution in [0.1, 0.15) is 61.9 Å². The number of imidazole rings is 1. The zero-order valence-electron chi connectivity index (χ0n) is 11.8. The van der Waals surface area contributed by atoms with Gasteiger partial charge in [0.2, 0.25) is 0 Å². The molecule has 0 bridgehead atoms. The summed E-state index contributed by atoms with van der Waals surface area (Å²) < 4.78 is 5.43. The third-order valence-corrected chi connectivity index (χ3v) is 4.80. The van der Waals surface area contributed by atoms with Gasteiger partial charge in [-0.05, 0) is 45.6 Å². The van der Waals surface area contributed by atoms with Crippen LogP contribution in [-0.2, 0) is 4.74 Å². The van der Waals surface area contributed by atoms with Gasteiger partial charge in [-0.25, -0.2) is 4.98 Å². The van der Waals surface area contributed by atoms with Crippen LogP contribution in [0.2, 0.25) is 0 Å². The summed E-state index contributed by atoms with van der Waals surface area (Å²) in [4.78, 5) is 8.25. The molecule has 1 saturated heterocycles. The lowest BCUT2D eigenvalue weighted by atomic mass is 9.85. The van der Waals surface area contributed by atoms with E-state index in [1.807, 2.05) is 0 Å². The molecule has 1 saturated carbocycles. The smallest absolute Gasteiger partial charge is 0.109 e. The molecule has 0 aromatic carbocycles. The molecule has 0 atom stereocenters. The number of hydrogen-bond donors (Lipinski definition) is 2. The van der Waals surface area contributed by atoms with Gasteiger partial charge in [0.05, 0.1) is 0 Å². The molecule has 3 rings (SSSR count). The molecule has 2 fully saturated rings. The molecule has 1 aromatic rings. The quantitative estimate of drug-likeness (QED) is 0.881. The van der Waals surface area contributed by atoms with E-state index < -0.39 is 0 Å². The van der Waals surface area contributed by atoms with Gasteiger partial charge in [-0.1, -0.05) is 0 Å². The summed E-state index contributed by atoms with van der Waals surface area (Å²) in [5, 5.41) is 3.39. The monoisotopic (exact) mass is 263 g/mol. The lowest BCUT2D eigenvalue weighted by molar-refractivity contribution is 0.0845. The van der Waals surface area contributed by atoms with E-state index in [1.165, 1.54) is 37.2 Å². The maximum Gasteiger partial charge on any atom is 0.109 e. The molecule has 1 aromatic heterocycles. The Hall–Kier alpha value is -0.870. The Morgan fingerprint density at radius 2 is 1.84 bits per heavy atom. The van der Waals surface area contributed by atoms with Gasteiger partial charge in [0.1, 0.15) is 5.82 Å². The summed E-state index contributed by atoms with van der Waals surface area (Å²) in [6, 6.07) is 0.709. The predicted molar refractivity (Wildman–Crippen MR) is 75.4 cm³/mol. The van der Waals surface area contributed by atoms with Gasteiger partial charge in [-0.3, -0.25) is 0 Å². The normalized spacial score (nSPS) is 29.5. The molecule has 0 radical (unpaired) electrons. The van der Waals surface area contributed by atoms with Crippen LogP contribution in [0.5, 0.6) is 0 Å². The average Bonchev–Trinajstić information content (AvgIpc) is 2.98. The highest BCUT2D eigenvalue weighted by molar-refractivity contribution is 5.11. The molecule has 0 unspecified atom stereocenters. The van der Waals surface area contributed by atoms with E-state index in [9.17, 15) is 0 Å². The number of aromatic amines is 1. The Morgan fingerprint density at radius 1 is 1.11 bits per heavy atom. The topological polar surface area (TPSA) is 49.9 Å². The van der Waals surface area contributed by atoms with Gasteiger partial charge in [0.15, 0.2) is 0 Å². The number of rotatable bonds is 3. The van der Waals surface area contributed by atoms with Crippen molar-refractivity contribution < 1.29 is 4.74 Å². The first-order valence-corrected chi connectivity index (χ1v) is 7.66. The van der Waals surface area contributed by atoms with E-state index in [0.717, 1.165) is 26.1 Å². The fraction of sp³-hybridized carbons (Fsp3) is 0.800. The van der Waals surface area contributed by atoms with Crippen LogP contribution in [0, 0.1) is 0 Å². The van der Waals surface area contributed by atoms with E-state index in [0.29, 0.717) is 17.9 Å². The number of nitrogens with zero attached hydrogens (tertiary/aromatic N) is 1. The summed E-state index contributed by atoms with van der Waals surface area (Å²) >= 11 is 0. The van der Waals surface area contributed by atoms with Gasteiger partial charge >= 0.3 is 0 Å². The van der Waals surface area contributed by atoms with E-state index in [4.69, 9.17) is 4.74 Å². The van der Waals surface area contributed by atoms with Crippen molar-refractivity contribution in [3.63, 3.8) is 0 Å². The summed E-state index contributed by atoms with van der Waals surface area (Å²) in [7, 11) is 2.07. The number of nitrogens with one attached hydrogen (secondary N) is 2. The summed E-state index contributed by atoms with van der Waals surface area (Å²) in [6.45, 7) is 1.79. The third kappa shape index (κ3) is 3.00. The molecule has 19 heavy (non-hydrogen) atoms. The average molecular weight is 263 g/mol. The first-order chi connectivity index (χ1) is 9.36. The largest absolute Gasteiger partial charge is 0.381 e. The fourth-order valence-electron chi connectivity index (χ4n) is 3.43. The molecule has 2 heterocycles. The molecule has 0 spiro atoms. The third-order valence-electron chi connectivity index (χ3n) is 4.80. The van der Waals surface area contributed by atoms with Crippen molar-refractivity contribution in [2.24, 2.45) is 0 Å². The molecule has 106 valence electrons. The van der Waals surface area contributed by atoms with E-state index >= 15 is 0 Å². The van der Waals surface area contributed by atoms with Crippen molar-refractivity contribution in [2.75, 3.05) is 20.3 Å². The summed E-state index contributed by atoms with van der Waals surface area (Å²) in [5.41, 5.74) is 1.33. The van der Waals surface area contributed by atoms with Crippen LogP contribution < -0.4 is 5.32 Å². The zero-order valence-corrected chi connectivity index (χ0v) is 11.8. The maximum absolute atomic E-state index is 5.43. The van der Waals surface area contributed by atoms with E-state index in [1.54, 1.807) is 0 Å². The first kappa shape index (κ1) is 13.1. The molecule has 4 heteroatoms. The van der Waals surface area contributed by atoms with Crippen LogP contribution in [0.3, 0.4) is 0 Å². The first-order valence-electron chi connectivity index (χ1n) is 7.66. The summed E-state index contributed by atoms with van der Waals surface area (Å²) in [6.07, 6.45) is 9.39. The Balaban J connectivity index is 1.61. The SMILES string of the molecule is CNC1CCC(c2ncc(C3CCOCC3)[nH]2)CC1. The van der Waals surface area contributed by atoms with Crippen molar-refractivity contribution >= 4 is 0 Å². The second kappa shape index (κ2) is 6.06. The fourth-order valence-corrected chi connectivity index (χ4v) is 3.43. The lowest BCUT2D eigenvalue weighted by Crippen LogP contribution is -2.29. The highest BCUT2D eigenvalue weighted by atomic mass is 16.5. The van der Waals surface area contributed by atoms with Crippen molar-refractivity contribution in [3.8, 4) is 0 Å². The van der Waals surface area contributed by atoms with Crippen molar-refractivity contribution in [3.05, 3.63) is 17.7 Å². The molecule has 2 aliphatic rings. The number of aromatic nitrogens is 2. The molecular formula is C15H25N3O. The Kier molecular flexibility index (Phi) is 4.18. The number of ether oxygens (including phenoxy) is 1. The number of H-pyrrole nitrogens is 1. The van der Waals surface area contributed by atoms with Crippen molar-refractivity contribution in [1.29, 1.82) is 0 Å². The summed E-state index contributed by atoms with van der Waals surface area (Å²) in [5.74, 6) is 2.48. The van der Waals surface area contributed by atoms with Crippen molar-refractivity contribution in [2.45, 2.75) is 56.4 Å². The number of hydrogen-bond acceptors (Lipinski definition) is 3. The van der Waals surface area contributed by atoms with Gasteiger partial charge in [0, 0.05) is 43.0 Å². The van der Waals surface area contributed by atoms with Crippen molar-refractivity contribution in [1.82, 2.24) is 15.3 Å². The molecule has 0 amide bonds. The van der Waals surface area contributed by atoms with Crippen LogP contribution in [0.25, 0.3) is 0 Å². The minimum atomic E-state index is 0.628. The molecule has 1 aliphatic carbocycles. The molecule has 2 N–H and O–H groups in total. The van der Waals surface area contributed by atoms with Gasteiger partial charge < -0.3 is 15.0 Å². The second-order valence-corrected chi connectivity index (χ2v) is 5.95. The maximum atomic E-state index is 5.43. The van der Waals surface area contributed by atoms with Gasteiger partial charge in [-0.15, -0.1) is 0 Å². The molecular weight excluding hydrogens is 238 g/mol. The Morgan fingerprint density at radius 3 is 2.53 bits per heavy atom. The van der Waals surface area contributed by atoms with Crippen LogP contribution in [0.4, 0.5) is 0 Å². The molecule has 1 aliphatic heterocycles. The predicted octanol–water partition coefficient (Wildman–Crippen LogP) is 2.55. The lowest BCUT2D eigenvalue weighted by Gasteiger charge is -2.27. The minimum absolute atomic E-state index is 0.628. The van der Waals surface area contributed by atoms with Crippen LogP contribution >= 0.6 is 0 Å². The van der Waals surface area contributed by atoms with E-state index in [-0.39, 0.29) is 0 Å². The van der Waals surface area contributed by atoms with Crippen LogP contribution in [-0.4, -0.2) is 36.3 Å². The Labute approximate surface area is 115 Å². The van der Waals surface area contributed by atoms with Gasteiger partial charge in [0.25, 0.3) is 0 Å². The van der Waals surface area contributed by atoms with E-state index in [2.05, 4.69) is 28.5 Å². The highest BCUT2D eigenvalue weighted by Crippen LogP contribution is 2.33. The second-order valence-electron chi connectivity index (χ2n) is 5.95. The van der Waals surface area contributed by atoms with Crippen LogP contribution in [0.15, 0.2) is 6.20 Å². The minimum Gasteiger partial charge on any atom is -0.381 e. The standard InChI is InChI=1S/C15H25N3O/c1-16-13-4-2-12(3-5-13)15-17-10-14(18-15)11-6-8-19-9-7-11/h10-13,16H,2-9H2,1H3,(H,17,18). The Bertz CT molecular complexity index is 390. The zero-order chi connectivity index (χ0) is 13.1.